The standard InChI is InChI=1S/C16H18FN3OS2.ClH/c1-10-15(11-2-4-12(17)5-3-11)20-16(23-10)19-14(21)8-13-9-22-7-6-18-13;/h2-5,13,18H,6-9H2,1H3,(H,19,20,21);1H. The molecule has 24 heavy (non-hydrogen) atoms. The molecule has 2 N–H and O–H groups in total. The van der Waals surface area contributed by atoms with Crippen LogP contribution in [0.5, 0.6) is 0 Å². The van der Waals surface area contributed by atoms with Gasteiger partial charge in [-0.25, -0.2) is 9.37 Å². The highest BCUT2D eigenvalue weighted by Crippen LogP contribution is 2.30. The molecule has 4 nitrogen and oxygen atoms in total. The van der Waals surface area contributed by atoms with Crippen molar-refractivity contribution < 1.29 is 9.18 Å². The first kappa shape index (κ1) is 19.2. The Labute approximate surface area is 155 Å². The molecule has 0 spiro atoms. The molecule has 3 rings (SSSR count). The third kappa shape index (κ3) is 4.92. The first-order valence-electron chi connectivity index (χ1n) is 7.46. The van der Waals surface area contributed by atoms with Gasteiger partial charge in [-0.3, -0.25) is 4.79 Å². The van der Waals surface area contributed by atoms with Crippen LogP contribution in [0.15, 0.2) is 24.3 Å². The number of amides is 1. The number of carbonyl (C=O) groups excluding carboxylic acids is 1. The molecule has 0 bridgehead atoms. The van der Waals surface area contributed by atoms with Crippen LogP contribution in [-0.4, -0.2) is 35.0 Å². The number of benzene rings is 1. The van der Waals surface area contributed by atoms with Gasteiger partial charge < -0.3 is 10.6 Å². The van der Waals surface area contributed by atoms with E-state index in [0.29, 0.717) is 11.6 Å². The van der Waals surface area contributed by atoms with Crippen molar-refractivity contribution in [3.8, 4) is 11.3 Å². The second-order valence-electron chi connectivity index (χ2n) is 5.41. The van der Waals surface area contributed by atoms with E-state index in [1.807, 2.05) is 18.7 Å². The van der Waals surface area contributed by atoms with Crippen LogP contribution in [0, 0.1) is 12.7 Å². The Morgan fingerprint density at radius 1 is 1.42 bits per heavy atom. The molecule has 0 aliphatic carbocycles. The van der Waals surface area contributed by atoms with E-state index in [0.717, 1.165) is 34.2 Å². The minimum Gasteiger partial charge on any atom is -0.312 e. The fourth-order valence-corrected chi connectivity index (χ4v) is 4.27. The Kier molecular flexibility index (Phi) is 7.03. The van der Waals surface area contributed by atoms with Gasteiger partial charge in [0.1, 0.15) is 5.82 Å². The van der Waals surface area contributed by atoms with Crippen LogP contribution < -0.4 is 10.6 Å². The van der Waals surface area contributed by atoms with Crippen LogP contribution in [0.4, 0.5) is 9.52 Å². The summed E-state index contributed by atoms with van der Waals surface area (Å²) < 4.78 is 13.0. The summed E-state index contributed by atoms with van der Waals surface area (Å²) in [6.07, 6.45) is 0.456. The van der Waals surface area contributed by atoms with E-state index in [4.69, 9.17) is 0 Å². The quantitative estimate of drug-likeness (QED) is 0.839. The largest absolute Gasteiger partial charge is 0.312 e. The normalized spacial score (nSPS) is 17.2. The van der Waals surface area contributed by atoms with Gasteiger partial charge in [0, 0.05) is 41.0 Å². The zero-order chi connectivity index (χ0) is 16.2. The van der Waals surface area contributed by atoms with Gasteiger partial charge in [0.25, 0.3) is 0 Å². The number of aryl methyl sites for hydroxylation is 1. The zero-order valence-corrected chi connectivity index (χ0v) is 15.6. The first-order chi connectivity index (χ1) is 11.1. The number of carbonyl (C=O) groups is 1. The van der Waals surface area contributed by atoms with Crippen molar-refractivity contribution in [2.45, 2.75) is 19.4 Å². The van der Waals surface area contributed by atoms with Gasteiger partial charge in [-0.1, -0.05) is 0 Å². The van der Waals surface area contributed by atoms with Crippen molar-refractivity contribution in [3.05, 3.63) is 35.0 Å². The molecule has 1 amide bonds. The van der Waals surface area contributed by atoms with Crippen LogP contribution >= 0.6 is 35.5 Å². The molecule has 0 saturated carbocycles. The van der Waals surface area contributed by atoms with Crippen LogP contribution in [0.1, 0.15) is 11.3 Å². The highest BCUT2D eigenvalue weighted by atomic mass is 35.5. The monoisotopic (exact) mass is 387 g/mol. The molecule has 1 aliphatic heterocycles. The van der Waals surface area contributed by atoms with Crippen LogP contribution in [-0.2, 0) is 4.79 Å². The van der Waals surface area contributed by atoms with E-state index in [1.165, 1.54) is 23.5 Å². The molecule has 2 aromatic rings. The molecular formula is C16H19ClFN3OS2. The predicted molar refractivity (Wildman–Crippen MR) is 102 cm³/mol. The average Bonchev–Trinajstić information content (AvgIpc) is 2.89. The van der Waals surface area contributed by atoms with Gasteiger partial charge in [0.2, 0.25) is 5.91 Å². The fraction of sp³-hybridized carbons (Fsp3) is 0.375. The number of anilines is 1. The second-order valence-corrected chi connectivity index (χ2v) is 7.76. The summed E-state index contributed by atoms with van der Waals surface area (Å²) in [6.45, 7) is 2.90. The van der Waals surface area contributed by atoms with Gasteiger partial charge in [-0.2, -0.15) is 11.8 Å². The van der Waals surface area contributed by atoms with E-state index in [2.05, 4.69) is 15.6 Å². The van der Waals surface area contributed by atoms with Crippen molar-refractivity contribution >= 4 is 46.5 Å². The van der Waals surface area contributed by atoms with E-state index in [1.54, 1.807) is 12.1 Å². The van der Waals surface area contributed by atoms with Crippen LogP contribution in [0.25, 0.3) is 11.3 Å². The highest BCUT2D eigenvalue weighted by molar-refractivity contribution is 7.99. The number of hydrogen-bond acceptors (Lipinski definition) is 5. The van der Waals surface area contributed by atoms with E-state index < -0.39 is 0 Å². The third-order valence-corrected chi connectivity index (χ3v) is 5.61. The molecule has 1 aliphatic rings. The van der Waals surface area contributed by atoms with Gasteiger partial charge in [0.15, 0.2) is 5.13 Å². The van der Waals surface area contributed by atoms with Crippen molar-refractivity contribution in [1.29, 1.82) is 0 Å². The van der Waals surface area contributed by atoms with E-state index >= 15 is 0 Å². The molecule has 130 valence electrons. The summed E-state index contributed by atoms with van der Waals surface area (Å²) in [5, 5.41) is 6.82. The lowest BCUT2D eigenvalue weighted by Gasteiger charge is -2.22. The summed E-state index contributed by atoms with van der Waals surface area (Å²) in [5.41, 5.74) is 1.64. The molecule has 1 atom stereocenters. The second kappa shape index (κ2) is 8.80. The Balaban J connectivity index is 0.00000208. The van der Waals surface area contributed by atoms with Gasteiger partial charge >= 0.3 is 0 Å². The lowest BCUT2D eigenvalue weighted by Crippen LogP contribution is -2.39. The van der Waals surface area contributed by atoms with Crippen molar-refractivity contribution in [1.82, 2.24) is 10.3 Å². The Morgan fingerprint density at radius 2 is 2.17 bits per heavy atom. The number of rotatable bonds is 4. The van der Waals surface area contributed by atoms with Crippen molar-refractivity contribution in [3.63, 3.8) is 0 Å². The van der Waals surface area contributed by atoms with E-state index in [-0.39, 0.29) is 30.2 Å². The molecule has 1 fully saturated rings. The Hall–Kier alpha value is -1.15. The van der Waals surface area contributed by atoms with Crippen LogP contribution in [0.3, 0.4) is 0 Å². The first-order valence-corrected chi connectivity index (χ1v) is 9.43. The maximum atomic E-state index is 13.0. The highest BCUT2D eigenvalue weighted by Gasteiger charge is 2.18. The maximum absolute atomic E-state index is 13.0. The molecular weight excluding hydrogens is 369 g/mol. The SMILES string of the molecule is Cc1sc(NC(=O)CC2CSCCN2)nc1-c1ccc(F)cc1.Cl. The number of aromatic nitrogens is 1. The topological polar surface area (TPSA) is 54.0 Å². The summed E-state index contributed by atoms with van der Waals surface area (Å²) in [7, 11) is 0. The Bertz CT molecular complexity index is 687. The summed E-state index contributed by atoms with van der Waals surface area (Å²) in [4.78, 5) is 17.6. The van der Waals surface area contributed by atoms with Gasteiger partial charge in [-0.15, -0.1) is 23.7 Å². The minimum atomic E-state index is -0.270. The lowest BCUT2D eigenvalue weighted by molar-refractivity contribution is -0.116. The zero-order valence-electron chi connectivity index (χ0n) is 13.2. The molecule has 1 aromatic heterocycles. The molecule has 1 aromatic carbocycles. The molecule has 1 unspecified atom stereocenters. The summed E-state index contributed by atoms with van der Waals surface area (Å²) >= 11 is 3.31. The third-order valence-electron chi connectivity index (χ3n) is 3.59. The molecule has 8 heteroatoms. The van der Waals surface area contributed by atoms with Crippen molar-refractivity contribution in [2.75, 3.05) is 23.4 Å². The van der Waals surface area contributed by atoms with Gasteiger partial charge in [-0.05, 0) is 31.2 Å². The Morgan fingerprint density at radius 3 is 2.83 bits per heavy atom. The molecule has 1 saturated heterocycles. The number of thioether (sulfide) groups is 1. The summed E-state index contributed by atoms with van der Waals surface area (Å²) in [5.74, 6) is 1.77. The molecule has 2 heterocycles. The van der Waals surface area contributed by atoms with Crippen LogP contribution in [0.2, 0.25) is 0 Å². The number of thiazole rings is 1. The smallest absolute Gasteiger partial charge is 0.227 e. The number of hydrogen-bond donors (Lipinski definition) is 2. The predicted octanol–water partition coefficient (Wildman–Crippen LogP) is 3.71. The number of nitrogens with one attached hydrogen (secondary N) is 2. The van der Waals surface area contributed by atoms with Gasteiger partial charge in [0.05, 0.1) is 5.69 Å². The number of nitrogens with zero attached hydrogens (tertiary/aromatic N) is 1. The minimum absolute atomic E-state index is 0. The van der Waals surface area contributed by atoms with E-state index in [9.17, 15) is 9.18 Å². The van der Waals surface area contributed by atoms with Crippen molar-refractivity contribution in [2.24, 2.45) is 0 Å². The fourth-order valence-electron chi connectivity index (χ4n) is 2.47. The summed E-state index contributed by atoms with van der Waals surface area (Å²) in [6, 6.07) is 6.46. The lowest BCUT2D eigenvalue weighted by atomic mass is 10.1. The number of halogens is 2. The average molecular weight is 388 g/mol. The maximum Gasteiger partial charge on any atom is 0.227 e. The molecule has 0 radical (unpaired) electrons.